The lowest BCUT2D eigenvalue weighted by Crippen LogP contribution is -2.60. The zero-order valence-corrected chi connectivity index (χ0v) is 19.9. The normalized spacial score (nSPS) is 32.0. The van der Waals surface area contributed by atoms with Crippen LogP contribution in [0.2, 0.25) is 5.15 Å². The Morgan fingerprint density at radius 3 is 2.67 bits per heavy atom. The van der Waals surface area contributed by atoms with Crippen molar-refractivity contribution in [3.05, 3.63) is 17.0 Å². The number of carbonyl (C=O) groups excluding carboxylic acids is 2. The second-order valence-corrected chi connectivity index (χ2v) is 10.2. The molecule has 1 aromatic heterocycles. The van der Waals surface area contributed by atoms with Gasteiger partial charge in [-0.1, -0.05) is 24.4 Å². The molecule has 9 heteroatoms. The van der Waals surface area contributed by atoms with Gasteiger partial charge in [-0.05, 0) is 52.1 Å². The van der Waals surface area contributed by atoms with Crippen LogP contribution in [0.1, 0.15) is 68.4 Å². The second kappa shape index (κ2) is 9.21. The lowest BCUT2D eigenvalue weighted by Gasteiger charge is -2.51. The van der Waals surface area contributed by atoms with Gasteiger partial charge in [0.15, 0.2) is 11.6 Å². The summed E-state index contributed by atoms with van der Waals surface area (Å²) in [4.78, 5) is 38.1. The summed E-state index contributed by atoms with van der Waals surface area (Å²) >= 11 is 6.22. The number of fused-ring (bicyclic) bond motifs is 1. The van der Waals surface area contributed by atoms with Gasteiger partial charge in [0.25, 0.3) is 0 Å². The molecule has 4 aliphatic rings. The van der Waals surface area contributed by atoms with Crippen molar-refractivity contribution >= 4 is 23.2 Å². The van der Waals surface area contributed by atoms with E-state index < -0.39 is 17.1 Å². The van der Waals surface area contributed by atoms with Crippen molar-refractivity contribution in [2.24, 2.45) is 11.3 Å². The molecule has 0 bridgehead atoms. The minimum Gasteiger partial charge on any atom is -0.476 e. The molecular weight excluding hydrogens is 446 g/mol. The summed E-state index contributed by atoms with van der Waals surface area (Å²) in [5.74, 6) is -1.95. The molecule has 4 fully saturated rings. The van der Waals surface area contributed by atoms with Gasteiger partial charge in [-0.3, -0.25) is 9.59 Å². The quantitative estimate of drug-likeness (QED) is 0.362. The maximum atomic E-state index is 13.9. The van der Waals surface area contributed by atoms with Crippen molar-refractivity contribution in [3.8, 4) is 5.88 Å². The number of ether oxygens (including phenoxy) is 3. The Morgan fingerprint density at radius 1 is 1.15 bits per heavy atom. The topological polar surface area (TPSA) is 90.9 Å². The van der Waals surface area contributed by atoms with Crippen LogP contribution in [0.25, 0.3) is 0 Å². The highest BCUT2D eigenvalue weighted by molar-refractivity contribution is 6.29. The van der Waals surface area contributed by atoms with Crippen molar-refractivity contribution in [2.45, 2.75) is 69.6 Å². The fourth-order valence-corrected chi connectivity index (χ4v) is 6.44. The summed E-state index contributed by atoms with van der Waals surface area (Å²) in [6, 6.07) is 1.83. The average molecular weight is 478 g/mol. The van der Waals surface area contributed by atoms with Gasteiger partial charge in [-0.2, -0.15) is 4.98 Å². The van der Waals surface area contributed by atoms with Crippen LogP contribution in [0.3, 0.4) is 0 Å². The monoisotopic (exact) mass is 477 g/mol. The van der Waals surface area contributed by atoms with Crippen molar-refractivity contribution in [2.75, 3.05) is 33.4 Å². The molecule has 0 radical (unpaired) electrons. The molecule has 180 valence electrons. The van der Waals surface area contributed by atoms with Crippen LogP contribution >= 0.6 is 11.6 Å². The van der Waals surface area contributed by atoms with E-state index in [-0.39, 0.29) is 28.4 Å². The summed E-state index contributed by atoms with van der Waals surface area (Å²) in [5, 5.41) is 0.137. The third kappa shape index (κ3) is 4.09. The van der Waals surface area contributed by atoms with Gasteiger partial charge in [0.05, 0.1) is 24.5 Å². The number of rotatable bonds is 5. The van der Waals surface area contributed by atoms with Crippen LogP contribution in [0.5, 0.6) is 5.88 Å². The second-order valence-electron chi connectivity index (χ2n) is 9.85. The van der Waals surface area contributed by atoms with Gasteiger partial charge in [0, 0.05) is 18.5 Å². The van der Waals surface area contributed by atoms with E-state index in [1.54, 1.807) is 0 Å². The van der Waals surface area contributed by atoms with Crippen LogP contribution in [0.4, 0.5) is 0 Å². The molecule has 0 amide bonds. The lowest BCUT2D eigenvalue weighted by molar-refractivity contribution is -0.255. The van der Waals surface area contributed by atoms with E-state index in [2.05, 4.69) is 21.9 Å². The number of aromatic nitrogens is 2. The number of hydrogen-bond donors (Lipinski definition) is 0. The van der Waals surface area contributed by atoms with Crippen LogP contribution < -0.4 is 4.74 Å². The van der Waals surface area contributed by atoms with Crippen LogP contribution in [-0.2, 0) is 14.3 Å². The summed E-state index contributed by atoms with van der Waals surface area (Å²) in [6.07, 6.45) is 7.41. The van der Waals surface area contributed by atoms with Crippen LogP contribution in [-0.4, -0.2) is 71.7 Å². The van der Waals surface area contributed by atoms with Gasteiger partial charge in [-0.25, -0.2) is 4.98 Å². The lowest BCUT2D eigenvalue weighted by atomic mass is 9.57. The smallest absolute Gasteiger partial charge is 0.218 e. The van der Waals surface area contributed by atoms with E-state index in [4.69, 9.17) is 25.8 Å². The van der Waals surface area contributed by atoms with Crippen molar-refractivity contribution in [1.82, 2.24) is 14.9 Å². The summed E-state index contributed by atoms with van der Waals surface area (Å²) in [7, 11) is 2.07. The van der Waals surface area contributed by atoms with Crippen LogP contribution in [0.15, 0.2) is 6.07 Å². The fraction of sp³-hybridized carbons (Fsp3) is 0.750. The predicted molar refractivity (Wildman–Crippen MR) is 120 cm³/mol. The number of likely N-dealkylation sites (tertiary alicyclic amines) is 1. The van der Waals surface area contributed by atoms with E-state index >= 15 is 0 Å². The average Bonchev–Trinajstić information content (AvgIpc) is 3.45. The molecule has 1 aromatic rings. The number of carbonyl (C=O) groups is 2. The summed E-state index contributed by atoms with van der Waals surface area (Å²) in [6.45, 7) is 2.49. The molecule has 2 aliphatic heterocycles. The summed E-state index contributed by atoms with van der Waals surface area (Å²) in [5.41, 5.74) is -0.773. The van der Waals surface area contributed by atoms with Gasteiger partial charge < -0.3 is 19.1 Å². The number of likely N-dealkylation sites (N-methyl/N-ethyl adjacent to an activating group) is 1. The third-order valence-electron chi connectivity index (χ3n) is 8.03. The highest BCUT2D eigenvalue weighted by atomic mass is 35.5. The molecule has 33 heavy (non-hydrogen) atoms. The molecular formula is C24H32ClN3O5. The molecule has 3 atom stereocenters. The highest BCUT2D eigenvalue weighted by Gasteiger charge is 2.63. The molecule has 2 saturated carbocycles. The third-order valence-corrected chi connectivity index (χ3v) is 8.22. The largest absolute Gasteiger partial charge is 0.476 e. The zero-order valence-electron chi connectivity index (χ0n) is 19.2. The van der Waals surface area contributed by atoms with Gasteiger partial charge in [0.1, 0.15) is 11.8 Å². The van der Waals surface area contributed by atoms with Crippen LogP contribution in [0, 0.1) is 11.3 Å². The molecule has 3 heterocycles. The standard InChI is InChI=1S/C24H32ClN3O5/c1-28-11-5-6-16(28)15-31-19-14-18(25)26-22(27-19)20(29)17-7-4-9-23(21(17)30)8-2-3-10-24(23)32-12-13-33-24/h14,16-17H,2-13,15H2,1H3/t16-,17?,23-/m0/s1. The molecule has 1 unspecified atom stereocenters. The Labute approximate surface area is 199 Å². The van der Waals surface area contributed by atoms with Gasteiger partial charge in [0.2, 0.25) is 17.5 Å². The van der Waals surface area contributed by atoms with Crippen molar-refractivity contribution in [1.29, 1.82) is 0 Å². The molecule has 2 saturated heterocycles. The SMILES string of the molecule is CN1CCC[C@H]1COc1cc(Cl)nc(C(=O)C2CCC[C@@]3(CCCCC34OCCO4)C2=O)n1. The number of hydrogen-bond acceptors (Lipinski definition) is 8. The highest BCUT2D eigenvalue weighted by Crippen LogP contribution is 2.56. The Balaban J connectivity index is 1.36. The molecule has 2 aliphatic carbocycles. The first-order valence-electron chi connectivity index (χ1n) is 12.2. The fourth-order valence-electron chi connectivity index (χ4n) is 6.27. The summed E-state index contributed by atoms with van der Waals surface area (Å²) < 4.78 is 18.0. The number of Topliss-reactive ketones (excluding diaryl/α,β-unsaturated/α-hetero) is 2. The van der Waals surface area contributed by atoms with E-state index in [1.165, 1.54) is 6.07 Å². The molecule has 2 spiro atoms. The Morgan fingerprint density at radius 2 is 1.91 bits per heavy atom. The van der Waals surface area contributed by atoms with Crippen molar-refractivity contribution in [3.63, 3.8) is 0 Å². The van der Waals surface area contributed by atoms with Crippen molar-refractivity contribution < 1.29 is 23.8 Å². The molecule has 0 aromatic carbocycles. The molecule has 8 nitrogen and oxygen atoms in total. The van der Waals surface area contributed by atoms with Gasteiger partial charge >= 0.3 is 0 Å². The minimum absolute atomic E-state index is 0.0502. The van der Waals surface area contributed by atoms with E-state index in [1.807, 2.05) is 0 Å². The first-order chi connectivity index (χ1) is 15.9. The maximum absolute atomic E-state index is 13.9. The van der Waals surface area contributed by atoms with Gasteiger partial charge in [-0.15, -0.1) is 0 Å². The Kier molecular flexibility index (Phi) is 6.46. The zero-order chi connectivity index (χ0) is 23.1. The molecule has 5 rings (SSSR count). The minimum atomic E-state index is -0.891. The first kappa shape index (κ1) is 23.1. The Bertz CT molecular complexity index is 917. The number of ketones is 2. The number of nitrogens with zero attached hydrogens (tertiary/aromatic N) is 3. The van der Waals surface area contributed by atoms with E-state index in [0.29, 0.717) is 51.5 Å². The predicted octanol–water partition coefficient (Wildman–Crippen LogP) is 3.46. The van der Waals surface area contributed by atoms with E-state index in [9.17, 15) is 9.59 Å². The molecule has 0 N–H and O–H groups in total. The van der Waals surface area contributed by atoms with E-state index in [0.717, 1.165) is 38.6 Å². The maximum Gasteiger partial charge on any atom is 0.218 e. The number of halogens is 1. The Hall–Kier alpha value is -1.61. The first-order valence-corrected chi connectivity index (χ1v) is 12.6.